The number of halogens is 1. The van der Waals surface area contributed by atoms with Crippen LogP contribution in [0, 0.1) is 18.2 Å². The van der Waals surface area contributed by atoms with Gasteiger partial charge in [0.2, 0.25) is 0 Å². The van der Waals surface area contributed by atoms with E-state index in [-0.39, 0.29) is 6.42 Å². The second-order valence-electron chi connectivity index (χ2n) is 4.18. The Morgan fingerprint density at radius 2 is 2.47 bits per heavy atom. The quantitative estimate of drug-likeness (QED) is 0.570. The van der Waals surface area contributed by atoms with Gasteiger partial charge < -0.3 is 20.7 Å². The first kappa shape index (κ1) is 13.5. The van der Waals surface area contributed by atoms with Gasteiger partial charge in [0.15, 0.2) is 17.2 Å². The van der Waals surface area contributed by atoms with Crippen molar-refractivity contribution in [1.29, 1.82) is 0 Å². The molecule has 0 amide bonds. The largest absolute Gasteiger partial charge is 0.392 e. The van der Waals surface area contributed by atoms with E-state index >= 15 is 0 Å². The Morgan fingerprint density at radius 1 is 1.79 bits per heavy atom. The van der Waals surface area contributed by atoms with Crippen LogP contribution in [-0.2, 0) is 4.74 Å². The molecule has 0 aromatic carbocycles. The molecule has 8 heteroatoms. The summed E-state index contributed by atoms with van der Waals surface area (Å²) in [5.74, 6) is 0.734. The number of ether oxygens (including phenoxy) is 1. The second kappa shape index (κ2) is 4.62. The van der Waals surface area contributed by atoms with Crippen molar-refractivity contribution in [3.05, 3.63) is 22.5 Å². The fourth-order valence-electron chi connectivity index (χ4n) is 1.90. The van der Waals surface area contributed by atoms with E-state index < -0.39 is 41.9 Å². The van der Waals surface area contributed by atoms with E-state index in [4.69, 9.17) is 16.9 Å². The Hall–Kier alpha value is -1.95. The molecular weight excluding hydrogens is 257 g/mol. The molecule has 0 bridgehead atoms. The van der Waals surface area contributed by atoms with Crippen molar-refractivity contribution in [2.45, 2.75) is 24.4 Å². The third kappa shape index (κ3) is 2.08. The Bertz CT molecular complexity index is 597. The van der Waals surface area contributed by atoms with Gasteiger partial charge in [-0.25, -0.2) is 9.18 Å². The van der Waals surface area contributed by atoms with E-state index in [0.29, 0.717) is 0 Å². The minimum absolute atomic E-state index is 0.0737. The molecule has 0 saturated carbocycles. The van der Waals surface area contributed by atoms with Crippen molar-refractivity contribution in [2.75, 3.05) is 12.3 Å². The van der Waals surface area contributed by atoms with E-state index in [2.05, 4.69) is 10.9 Å². The zero-order valence-electron chi connectivity index (χ0n) is 9.78. The van der Waals surface area contributed by atoms with E-state index in [1.165, 1.54) is 0 Å². The topological polar surface area (TPSA) is 111 Å². The monoisotopic (exact) mass is 269 g/mol. The van der Waals surface area contributed by atoms with Gasteiger partial charge in [-0.2, -0.15) is 4.98 Å². The van der Waals surface area contributed by atoms with Gasteiger partial charge in [-0.1, -0.05) is 5.92 Å². The van der Waals surface area contributed by atoms with Gasteiger partial charge in [-0.05, 0) is 0 Å². The van der Waals surface area contributed by atoms with Crippen molar-refractivity contribution in [3.63, 3.8) is 0 Å². The minimum Gasteiger partial charge on any atom is -0.392 e. The first-order valence-corrected chi connectivity index (χ1v) is 5.42. The molecule has 1 aromatic heterocycles. The van der Waals surface area contributed by atoms with Crippen molar-refractivity contribution in [1.82, 2.24) is 9.55 Å². The van der Waals surface area contributed by atoms with Crippen LogP contribution in [0.2, 0.25) is 0 Å². The molecule has 3 atom stereocenters. The summed E-state index contributed by atoms with van der Waals surface area (Å²) in [6.07, 6.45) is 3.76. The molecule has 19 heavy (non-hydrogen) atoms. The Balaban J connectivity index is 2.39. The van der Waals surface area contributed by atoms with Crippen LogP contribution in [0.4, 0.5) is 10.2 Å². The number of rotatable bonds is 2. The van der Waals surface area contributed by atoms with Crippen LogP contribution in [-0.4, -0.2) is 38.1 Å². The molecule has 1 saturated heterocycles. The van der Waals surface area contributed by atoms with Crippen LogP contribution in [0.3, 0.4) is 0 Å². The number of anilines is 1. The first-order valence-electron chi connectivity index (χ1n) is 5.42. The van der Waals surface area contributed by atoms with Gasteiger partial charge in [0.25, 0.3) is 0 Å². The summed E-state index contributed by atoms with van der Waals surface area (Å²) in [5, 5.41) is 19.0. The maximum absolute atomic E-state index is 13.3. The summed E-state index contributed by atoms with van der Waals surface area (Å²) in [6.45, 7) is -0.624. The molecule has 4 N–H and O–H groups in total. The lowest BCUT2D eigenvalue weighted by Gasteiger charge is -2.23. The van der Waals surface area contributed by atoms with Crippen LogP contribution in [0.15, 0.2) is 11.0 Å². The molecule has 0 unspecified atom stereocenters. The summed E-state index contributed by atoms with van der Waals surface area (Å²) in [6, 6.07) is 0. The highest BCUT2D eigenvalue weighted by molar-refractivity contribution is 5.26. The summed E-state index contributed by atoms with van der Waals surface area (Å²) in [5.41, 5.74) is 2.72. The molecule has 102 valence electrons. The van der Waals surface area contributed by atoms with Gasteiger partial charge in [0.05, 0.1) is 12.8 Å². The van der Waals surface area contributed by atoms with E-state index in [9.17, 15) is 19.4 Å². The van der Waals surface area contributed by atoms with Crippen LogP contribution in [0.1, 0.15) is 12.6 Å². The molecule has 1 aromatic rings. The van der Waals surface area contributed by atoms with Gasteiger partial charge in [0.1, 0.15) is 12.3 Å². The number of hydrogen-bond acceptors (Lipinski definition) is 6. The van der Waals surface area contributed by atoms with E-state index in [0.717, 1.165) is 10.8 Å². The second-order valence-corrected chi connectivity index (χ2v) is 4.18. The predicted octanol–water partition coefficient (Wildman–Crippen LogP) is -1.39. The number of hydrogen-bond donors (Lipinski definition) is 3. The van der Waals surface area contributed by atoms with Gasteiger partial charge >= 0.3 is 5.69 Å². The average Bonchev–Trinajstić information content (AvgIpc) is 2.71. The van der Waals surface area contributed by atoms with Crippen LogP contribution in [0.5, 0.6) is 0 Å². The Morgan fingerprint density at radius 3 is 3.00 bits per heavy atom. The third-order valence-electron chi connectivity index (χ3n) is 3.03. The number of terminal acetylenes is 1. The number of nitrogens with two attached hydrogens (primary N) is 1. The Kier molecular flexibility index (Phi) is 3.28. The normalized spacial score (nSPS) is 30.2. The molecule has 7 nitrogen and oxygen atoms in total. The van der Waals surface area contributed by atoms with Crippen molar-refractivity contribution < 1.29 is 19.3 Å². The number of aromatic nitrogens is 2. The maximum atomic E-state index is 13.3. The van der Waals surface area contributed by atoms with Crippen LogP contribution >= 0.6 is 0 Å². The summed E-state index contributed by atoms with van der Waals surface area (Å²) in [4.78, 5) is 14.9. The molecule has 2 rings (SSSR count). The molecule has 1 aliphatic rings. The van der Waals surface area contributed by atoms with Gasteiger partial charge in [-0.3, -0.25) is 4.57 Å². The summed E-state index contributed by atoms with van der Waals surface area (Å²) < 4.78 is 19.4. The lowest BCUT2D eigenvalue weighted by Crippen LogP contribution is -2.41. The molecule has 0 aliphatic carbocycles. The summed E-state index contributed by atoms with van der Waals surface area (Å²) >= 11 is 0. The molecule has 1 fully saturated rings. The lowest BCUT2D eigenvalue weighted by molar-refractivity contribution is -0.0914. The van der Waals surface area contributed by atoms with E-state index in [1.54, 1.807) is 0 Å². The number of nitrogens with zero attached hydrogens (tertiary/aromatic N) is 2. The number of nitrogen functional groups attached to an aromatic ring is 1. The highest BCUT2D eigenvalue weighted by Gasteiger charge is 2.47. The van der Waals surface area contributed by atoms with Crippen molar-refractivity contribution in [3.8, 4) is 12.3 Å². The zero-order chi connectivity index (χ0) is 14.2. The number of aliphatic hydroxyl groups is 2. The van der Waals surface area contributed by atoms with Crippen molar-refractivity contribution >= 4 is 5.82 Å². The number of aliphatic hydroxyl groups excluding tert-OH is 2. The predicted molar refractivity (Wildman–Crippen MR) is 62.3 cm³/mol. The highest BCUT2D eigenvalue weighted by Crippen LogP contribution is 2.35. The van der Waals surface area contributed by atoms with Gasteiger partial charge in [-0.15, -0.1) is 6.42 Å². The highest BCUT2D eigenvalue weighted by atomic mass is 19.1. The summed E-state index contributed by atoms with van der Waals surface area (Å²) in [7, 11) is 0. The molecule has 0 spiro atoms. The fraction of sp³-hybridized carbons (Fsp3) is 0.455. The third-order valence-corrected chi connectivity index (χ3v) is 3.03. The fourth-order valence-corrected chi connectivity index (χ4v) is 1.90. The zero-order valence-corrected chi connectivity index (χ0v) is 9.78. The SMILES string of the molecule is C#C[C@]1(CO)O[C@@H](n2cc(F)c(N)nc2=O)C[C@@H]1O. The van der Waals surface area contributed by atoms with Crippen molar-refractivity contribution in [2.24, 2.45) is 0 Å². The average molecular weight is 269 g/mol. The first-order chi connectivity index (χ1) is 8.93. The lowest BCUT2D eigenvalue weighted by atomic mass is 9.99. The minimum atomic E-state index is -1.61. The van der Waals surface area contributed by atoms with Gasteiger partial charge in [0, 0.05) is 6.42 Å². The molecular formula is C11H12FN3O4. The maximum Gasteiger partial charge on any atom is 0.351 e. The molecule has 1 aliphatic heterocycles. The van der Waals surface area contributed by atoms with E-state index in [1.807, 2.05) is 0 Å². The smallest absolute Gasteiger partial charge is 0.351 e. The molecule has 2 heterocycles. The Labute approximate surface area is 107 Å². The van der Waals surface area contributed by atoms with Crippen LogP contribution < -0.4 is 11.4 Å². The van der Waals surface area contributed by atoms with Crippen LogP contribution in [0.25, 0.3) is 0 Å². The standard InChI is InChI=1S/C11H12FN3O4/c1-2-11(5-16)7(17)3-8(19-11)15-4-6(12)9(13)14-10(15)18/h1,4,7-8,16-17H,3,5H2,(H2,13,14,18)/t7-,8+,11+/m0/s1. The molecule has 0 radical (unpaired) electrons.